The Labute approximate surface area is 120 Å². The van der Waals surface area contributed by atoms with Crippen molar-refractivity contribution in [2.24, 2.45) is 0 Å². The van der Waals surface area contributed by atoms with E-state index in [0.29, 0.717) is 5.82 Å². The Bertz CT molecular complexity index is 552. The van der Waals surface area contributed by atoms with Crippen LogP contribution < -0.4 is 10.1 Å². The number of ether oxygens (including phenoxy) is 1. The Morgan fingerprint density at radius 3 is 2.60 bits per heavy atom. The highest BCUT2D eigenvalue weighted by atomic mass is 16.5. The van der Waals surface area contributed by atoms with Gasteiger partial charge in [0.15, 0.2) is 5.82 Å². The second kappa shape index (κ2) is 7.01. The van der Waals surface area contributed by atoms with E-state index < -0.39 is 0 Å². The molecule has 0 saturated carbocycles. The topological polar surface area (TPSA) is 47.0 Å². The Kier molecular flexibility index (Phi) is 5.07. The normalized spacial score (nSPS) is 10.6. The van der Waals surface area contributed by atoms with E-state index in [1.54, 1.807) is 7.11 Å². The summed E-state index contributed by atoms with van der Waals surface area (Å²) >= 11 is 0. The summed E-state index contributed by atoms with van der Waals surface area (Å²) in [5.74, 6) is 1.50. The van der Waals surface area contributed by atoms with Gasteiger partial charge in [0.25, 0.3) is 0 Å². The van der Waals surface area contributed by atoms with Gasteiger partial charge in [-0.15, -0.1) is 0 Å². The summed E-state index contributed by atoms with van der Waals surface area (Å²) in [5.41, 5.74) is 3.17. The van der Waals surface area contributed by atoms with Crippen LogP contribution in [0.5, 0.6) is 5.75 Å². The summed E-state index contributed by atoms with van der Waals surface area (Å²) in [6, 6.07) is 6.03. The summed E-state index contributed by atoms with van der Waals surface area (Å²) in [6.07, 6.45) is 4.86. The third-order valence-corrected chi connectivity index (χ3v) is 3.06. The minimum absolute atomic E-state index is 0.695. The fourth-order valence-corrected chi connectivity index (χ4v) is 1.98. The van der Waals surface area contributed by atoms with Gasteiger partial charge < -0.3 is 10.1 Å². The predicted molar refractivity (Wildman–Crippen MR) is 80.8 cm³/mol. The van der Waals surface area contributed by atoms with Crippen molar-refractivity contribution in [3.63, 3.8) is 0 Å². The third kappa shape index (κ3) is 3.54. The summed E-state index contributed by atoms with van der Waals surface area (Å²) in [7, 11) is 1.67. The SMILES string of the molecule is CCCNCc1cnc(-c2ccc(C)cc2OC)nc1. The van der Waals surface area contributed by atoms with E-state index in [-0.39, 0.29) is 0 Å². The molecule has 0 amide bonds. The lowest BCUT2D eigenvalue weighted by molar-refractivity contribution is 0.416. The van der Waals surface area contributed by atoms with Gasteiger partial charge in [-0.2, -0.15) is 0 Å². The number of rotatable bonds is 6. The molecule has 1 aromatic carbocycles. The van der Waals surface area contributed by atoms with Gasteiger partial charge in [-0.3, -0.25) is 0 Å². The van der Waals surface area contributed by atoms with Gasteiger partial charge in [-0.25, -0.2) is 9.97 Å². The summed E-state index contributed by atoms with van der Waals surface area (Å²) in [6.45, 7) is 6.00. The second-order valence-electron chi connectivity index (χ2n) is 4.80. The molecule has 0 spiro atoms. The largest absolute Gasteiger partial charge is 0.496 e. The molecule has 106 valence electrons. The van der Waals surface area contributed by atoms with Crippen LogP contribution in [-0.2, 0) is 6.54 Å². The highest BCUT2D eigenvalue weighted by Gasteiger charge is 2.08. The van der Waals surface area contributed by atoms with Gasteiger partial charge in [0.1, 0.15) is 5.75 Å². The average Bonchev–Trinajstić information content (AvgIpc) is 2.48. The molecule has 1 aromatic heterocycles. The first-order chi connectivity index (χ1) is 9.74. The minimum atomic E-state index is 0.695. The van der Waals surface area contributed by atoms with E-state index in [4.69, 9.17) is 4.74 Å². The number of nitrogens with one attached hydrogen (secondary N) is 1. The molecular formula is C16H21N3O. The van der Waals surface area contributed by atoms with Crippen molar-refractivity contribution in [1.29, 1.82) is 0 Å². The van der Waals surface area contributed by atoms with Crippen molar-refractivity contribution in [2.45, 2.75) is 26.8 Å². The van der Waals surface area contributed by atoms with Crippen molar-refractivity contribution >= 4 is 0 Å². The van der Waals surface area contributed by atoms with Crippen LogP contribution >= 0.6 is 0 Å². The molecule has 1 heterocycles. The van der Waals surface area contributed by atoms with Crippen LogP contribution in [0.15, 0.2) is 30.6 Å². The minimum Gasteiger partial charge on any atom is -0.496 e. The molecule has 0 aliphatic rings. The molecule has 0 unspecified atom stereocenters. The first kappa shape index (κ1) is 14.5. The number of benzene rings is 1. The van der Waals surface area contributed by atoms with Gasteiger partial charge in [0, 0.05) is 24.5 Å². The van der Waals surface area contributed by atoms with Gasteiger partial charge in [0.05, 0.1) is 12.7 Å². The van der Waals surface area contributed by atoms with Crippen molar-refractivity contribution < 1.29 is 4.74 Å². The Morgan fingerprint density at radius 2 is 1.95 bits per heavy atom. The van der Waals surface area contributed by atoms with Crippen LogP contribution in [0.25, 0.3) is 11.4 Å². The smallest absolute Gasteiger partial charge is 0.162 e. The highest BCUT2D eigenvalue weighted by molar-refractivity contribution is 5.64. The molecule has 0 bridgehead atoms. The molecule has 4 heteroatoms. The molecule has 0 aliphatic carbocycles. The summed E-state index contributed by atoms with van der Waals surface area (Å²) < 4.78 is 5.40. The van der Waals surface area contributed by atoms with Crippen LogP contribution in [0.3, 0.4) is 0 Å². The molecule has 1 N–H and O–H groups in total. The van der Waals surface area contributed by atoms with E-state index in [2.05, 4.69) is 22.2 Å². The standard InChI is InChI=1S/C16H21N3O/c1-4-7-17-9-13-10-18-16(19-11-13)14-6-5-12(2)8-15(14)20-3/h5-6,8,10-11,17H,4,7,9H2,1-3H3. The van der Waals surface area contributed by atoms with Crippen LogP contribution in [0.2, 0.25) is 0 Å². The zero-order valence-corrected chi connectivity index (χ0v) is 12.3. The van der Waals surface area contributed by atoms with Crippen LogP contribution in [-0.4, -0.2) is 23.6 Å². The molecule has 0 atom stereocenters. The second-order valence-corrected chi connectivity index (χ2v) is 4.80. The molecule has 2 rings (SSSR count). The molecule has 20 heavy (non-hydrogen) atoms. The maximum atomic E-state index is 5.40. The Balaban J connectivity index is 2.17. The van der Waals surface area contributed by atoms with Gasteiger partial charge in [0.2, 0.25) is 0 Å². The fourth-order valence-electron chi connectivity index (χ4n) is 1.98. The monoisotopic (exact) mass is 271 g/mol. The van der Waals surface area contributed by atoms with E-state index >= 15 is 0 Å². The predicted octanol–water partition coefficient (Wildman–Crippen LogP) is 2.96. The number of hydrogen-bond donors (Lipinski definition) is 1. The molecule has 2 aromatic rings. The quantitative estimate of drug-likeness (QED) is 0.821. The summed E-state index contributed by atoms with van der Waals surface area (Å²) in [4.78, 5) is 8.87. The average molecular weight is 271 g/mol. The number of aryl methyl sites for hydroxylation is 1. The maximum Gasteiger partial charge on any atom is 0.162 e. The molecule has 4 nitrogen and oxygen atoms in total. The number of hydrogen-bond acceptors (Lipinski definition) is 4. The first-order valence-electron chi connectivity index (χ1n) is 6.91. The van der Waals surface area contributed by atoms with Crippen molar-refractivity contribution in [1.82, 2.24) is 15.3 Å². The van der Waals surface area contributed by atoms with Crippen molar-refractivity contribution in [3.05, 3.63) is 41.7 Å². The maximum absolute atomic E-state index is 5.40. The Morgan fingerprint density at radius 1 is 1.20 bits per heavy atom. The molecule has 0 aliphatic heterocycles. The zero-order valence-electron chi connectivity index (χ0n) is 12.3. The number of nitrogens with zero attached hydrogens (tertiary/aromatic N) is 2. The van der Waals surface area contributed by atoms with Gasteiger partial charge in [-0.1, -0.05) is 13.0 Å². The molecular weight excluding hydrogens is 250 g/mol. The lowest BCUT2D eigenvalue weighted by Crippen LogP contribution is -2.14. The Hall–Kier alpha value is -1.94. The van der Waals surface area contributed by atoms with E-state index in [1.807, 2.05) is 37.5 Å². The third-order valence-electron chi connectivity index (χ3n) is 3.06. The molecule has 0 fully saturated rings. The van der Waals surface area contributed by atoms with Crippen molar-refractivity contribution in [2.75, 3.05) is 13.7 Å². The van der Waals surface area contributed by atoms with Gasteiger partial charge in [-0.05, 0) is 37.6 Å². The highest BCUT2D eigenvalue weighted by Crippen LogP contribution is 2.27. The van der Waals surface area contributed by atoms with Crippen LogP contribution in [0.4, 0.5) is 0 Å². The van der Waals surface area contributed by atoms with Crippen LogP contribution in [0, 0.1) is 6.92 Å². The number of methoxy groups -OCH3 is 1. The number of aromatic nitrogens is 2. The lowest BCUT2D eigenvalue weighted by atomic mass is 10.1. The molecule has 0 saturated heterocycles. The van der Waals surface area contributed by atoms with E-state index in [0.717, 1.165) is 42.0 Å². The summed E-state index contributed by atoms with van der Waals surface area (Å²) in [5, 5.41) is 3.34. The van der Waals surface area contributed by atoms with Gasteiger partial charge >= 0.3 is 0 Å². The van der Waals surface area contributed by atoms with E-state index in [9.17, 15) is 0 Å². The fraction of sp³-hybridized carbons (Fsp3) is 0.375. The van der Waals surface area contributed by atoms with Crippen molar-refractivity contribution in [3.8, 4) is 17.1 Å². The van der Waals surface area contributed by atoms with E-state index in [1.165, 1.54) is 0 Å². The van der Waals surface area contributed by atoms with Crippen LogP contribution in [0.1, 0.15) is 24.5 Å². The zero-order chi connectivity index (χ0) is 14.4. The lowest BCUT2D eigenvalue weighted by Gasteiger charge is -2.09. The first-order valence-corrected chi connectivity index (χ1v) is 6.91. The molecule has 0 radical (unpaired) electrons.